The van der Waals surface area contributed by atoms with Gasteiger partial charge in [-0.1, -0.05) is 67.9 Å². The molecule has 0 atom stereocenters. The van der Waals surface area contributed by atoms with Gasteiger partial charge in [-0.05, 0) is 23.1 Å². The van der Waals surface area contributed by atoms with E-state index in [2.05, 4.69) is 41.5 Å². The number of rotatable bonds is 7. The van der Waals surface area contributed by atoms with Crippen molar-refractivity contribution in [2.45, 2.75) is 26.3 Å². The smallest absolute Gasteiger partial charge is 0.263 e. The third kappa shape index (κ3) is 4.19. The van der Waals surface area contributed by atoms with Gasteiger partial charge in [0.15, 0.2) is 0 Å². The van der Waals surface area contributed by atoms with Crippen LogP contribution < -0.4 is 10.9 Å². The average Bonchev–Trinajstić information content (AvgIpc) is 3.22. The third-order valence-electron chi connectivity index (χ3n) is 5.03. The molecule has 2 heterocycles. The SMILES string of the molecule is CCCCNC(=O)Cn1cnc2scc(-c3ccc(-c4ccccc4)cc3)c2c1=O. The van der Waals surface area contributed by atoms with Gasteiger partial charge in [-0.3, -0.25) is 14.2 Å². The Morgan fingerprint density at radius 2 is 1.73 bits per heavy atom. The summed E-state index contributed by atoms with van der Waals surface area (Å²) in [4.78, 5) is 30.3. The Bertz CT molecular complexity index is 1210. The molecule has 5 nitrogen and oxygen atoms in total. The molecule has 0 aliphatic heterocycles. The molecule has 2 aromatic carbocycles. The summed E-state index contributed by atoms with van der Waals surface area (Å²) in [6.45, 7) is 2.67. The molecular formula is C24H23N3O2S. The van der Waals surface area contributed by atoms with Gasteiger partial charge in [-0.15, -0.1) is 11.3 Å². The van der Waals surface area contributed by atoms with Crippen molar-refractivity contribution in [1.29, 1.82) is 0 Å². The molecule has 0 fully saturated rings. The van der Waals surface area contributed by atoms with Crippen LogP contribution in [0.25, 0.3) is 32.5 Å². The fourth-order valence-corrected chi connectivity index (χ4v) is 4.29. The molecule has 152 valence electrons. The van der Waals surface area contributed by atoms with Crippen LogP contribution in [0.3, 0.4) is 0 Å². The van der Waals surface area contributed by atoms with E-state index in [0.717, 1.165) is 35.1 Å². The molecule has 0 bridgehead atoms. The van der Waals surface area contributed by atoms with Crippen LogP contribution in [-0.4, -0.2) is 22.0 Å². The molecule has 4 aromatic rings. The fourth-order valence-electron chi connectivity index (χ4n) is 3.38. The molecule has 0 aliphatic rings. The van der Waals surface area contributed by atoms with Gasteiger partial charge in [0.1, 0.15) is 11.4 Å². The summed E-state index contributed by atoms with van der Waals surface area (Å²) in [6, 6.07) is 18.3. The zero-order valence-electron chi connectivity index (χ0n) is 16.8. The minimum atomic E-state index is -0.186. The molecular weight excluding hydrogens is 394 g/mol. The number of amides is 1. The van der Waals surface area contributed by atoms with Crippen molar-refractivity contribution in [3.63, 3.8) is 0 Å². The van der Waals surface area contributed by atoms with Gasteiger partial charge in [0.05, 0.1) is 11.7 Å². The number of carbonyl (C=O) groups is 1. The maximum Gasteiger partial charge on any atom is 0.263 e. The number of nitrogens with zero attached hydrogens (tertiary/aromatic N) is 2. The Morgan fingerprint density at radius 1 is 1.03 bits per heavy atom. The van der Waals surface area contributed by atoms with Gasteiger partial charge >= 0.3 is 0 Å². The number of carbonyl (C=O) groups excluding carboxylic acids is 1. The molecule has 1 N–H and O–H groups in total. The summed E-state index contributed by atoms with van der Waals surface area (Å²) < 4.78 is 1.39. The number of nitrogens with one attached hydrogen (secondary N) is 1. The largest absolute Gasteiger partial charge is 0.355 e. The van der Waals surface area contributed by atoms with Crippen LogP contribution in [0.2, 0.25) is 0 Å². The third-order valence-corrected chi connectivity index (χ3v) is 5.92. The van der Waals surface area contributed by atoms with Gasteiger partial charge in [0.2, 0.25) is 5.91 Å². The first-order chi connectivity index (χ1) is 14.7. The average molecular weight is 418 g/mol. The Kier molecular flexibility index (Phi) is 6.05. The monoisotopic (exact) mass is 417 g/mol. The summed E-state index contributed by atoms with van der Waals surface area (Å²) >= 11 is 1.44. The first kappa shape index (κ1) is 20.0. The lowest BCUT2D eigenvalue weighted by molar-refractivity contribution is -0.121. The van der Waals surface area contributed by atoms with Gasteiger partial charge in [0, 0.05) is 17.5 Å². The number of thiophene rings is 1. The Morgan fingerprint density at radius 3 is 2.47 bits per heavy atom. The van der Waals surface area contributed by atoms with Crippen LogP contribution >= 0.6 is 11.3 Å². The Labute approximate surface area is 179 Å². The summed E-state index contributed by atoms with van der Waals surface area (Å²) in [5, 5.41) is 5.37. The second kappa shape index (κ2) is 9.05. The molecule has 0 radical (unpaired) electrons. The number of fused-ring (bicyclic) bond motifs is 1. The normalized spacial score (nSPS) is 11.0. The Hall–Kier alpha value is -3.25. The first-order valence-electron chi connectivity index (χ1n) is 10.1. The van der Waals surface area contributed by atoms with Gasteiger partial charge in [0.25, 0.3) is 5.56 Å². The molecule has 30 heavy (non-hydrogen) atoms. The van der Waals surface area contributed by atoms with Crippen molar-refractivity contribution in [2.75, 3.05) is 6.54 Å². The number of unbranched alkanes of at least 4 members (excludes halogenated alkanes) is 1. The lowest BCUT2D eigenvalue weighted by Gasteiger charge is -2.08. The zero-order valence-corrected chi connectivity index (χ0v) is 17.6. The van der Waals surface area contributed by atoms with E-state index in [1.807, 2.05) is 35.7 Å². The molecule has 6 heteroatoms. The van der Waals surface area contributed by atoms with Crippen molar-refractivity contribution < 1.29 is 4.79 Å². The van der Waals surface area contributed by atoms with Crippen molar-refractivity contribution in [2.24, 2.45) is 0 Å². The van der Waals surface area contributed by atoms with Crippen molar-refractivity contribution in [1.82, 2.24) is 14.9 Å². The number of hydrogen-bond acceptors (Lipinski definition) is 4. The standard InChI is InChI=1S/C24H23N3O2S/c1-2-3-13-25-21(28)14-27-16-26-23-22(24(27)29)20(15-30-23)19-11-9-18(10-12-19)17-7-5-4-6-8-17/h4-12,15-16H,2-3,13-14H2,1H3,(H,25,28). The van der Waals surface area contributed by atoms with E-state index in [1.54, 1.807) is 0 Å². The molecule has 0 saturated carbocycles. The van der Waals surface area contributed by atoms with Gasteiger partial charge in [-0.2, -0.15) is 0 Å². The summed E-state index contributed by atoms with van der Waals surface area (Å²) in [7, 11) is 0. The maximum absolute atomic E-state index is 13.1. The van der Waals surface area contributed by atoms with E-state index in [1.165, 1.54) is 22.2 Å². The molecule has 4 rings (SSSR count). The van der Waals surface area contributed by atoms with E-state index in [4.69, 9.17) is 0 Å². The highest BCUT2D eigenvalue weighted by Crippen LogP contribution is 2.32. The second-order valence-electron chi connectivity index (χ2n) is 7.15. The lowest BCUT2D eigenvalue weighted by Crippen LogP contribution is -2.32. The summed E-state index contributed by atoms with van der Waals surface area (Å²) in [6.07, 6.45) is 3.39. The lowest BCUT2D eigenvalue weighted by atomic mass is 10.0. The van der Waals surface area contributed by atoms with E-state index < -0.39 is 0 Å². The van der Waals surface area contributed by atoms with Crippen LogP contribution in [0.15, 0.2) is 71.1 Å². The minimum Gasteiger partial charge on any atom is -0.355 e. The van der Waals surface area contributed by atoms with Crippen LogP contribution in [0.5, 0.6) is 0 Å². The second-order valence-corrected chi connectivity index (χ2v) is 8.01. The fraction of sp³-hybridized carbons (Fsp3) is 0.208. The van der Waals surface area contributed by atoms with Crippen LogP contribution in [-0.2, 0) is 11.3 Å². The van der Waals surface area contributed by atoms with E-state index >= 15 is 0 Å². The number of aromatic nitrogens is 2. The first-order valence-corrected chi connectivity index (χ1v) is 10.9. The highest BCUT2D eigenvalue weighted by Gasteiger charge is 2.14. The molecule has 0 spiro atoms. The number of hydrogen-bond donors (Lipinski definition) is 1. The topological polar surface area (TPSA) is 64.0 Å². The van der Waals surface area contributed by atoms with E-state index in [-0.39, 0.29) is 18.0 Å². The molecule has 0 aliphatic carbocycles. The van der Waals surface area contributed by atoms with Gasteiger partial charge in [-0.25, -0.2) is 4.98 Å². The predicted molar refractivity (Wildman–Crippen MR) is 123 cm³/mol. The Balaban J connectivity index is 1.64. The van der Waals surface area contributed by atoms with Crippen LogP contribution in [0.1, 0.15) is 19.8 Å². The highest BCUT2D eigenvalue weighted by atomic mass is 32.1. The molecule has 0 saturated heterocycles. The summed E-state index contributed by atoms with van der Waals surface area (Å²) in [5.74, 6) is -0.171. The van der Waals surface area contributed by atoms with Crippen molar-refractivity contribution in [3.05, 3.63) is 76.7 Å². The van der Waals surface area contributed by atoms with Crippen molar-refractivity contribution >= 4 is 27.5 Å². The zero-order chi connectivity index (χ0) is 20.9. The van der Waals surface area contributed by atoms with Crippen LogP contribution in [0, 0.1) is 0 Å². The highest BCUT2D eigenvalue weighted by molar-refractivity contribution is 7.17. The van der Waals surface area contributed by atoms with Crippen LogP contribution in [0.4, 0.5) is 0 Å². The van der Waals surface area contributed by atoms with Crippen molar-refractivity contribution in [3.8, 4) is 22.3 Å². The number of benzene rings is 2. The quantitative estimate of drug-likeness (QED) is 0.443. The summed E-state index contributed by atoms with van der Waals surface area (Å²) in [5.41, 5.74) is 3.90. The predicted octanol–water partition coefficient (Wildman–Crippen LogP) is 4.71. The minimum absolute atomic E-state index is 0.0201. The molecule has 2 aromatic heterocycles. The van der Waals surface area contributed by atoms with E-state index in [9.17, 15) is 9.59 Å². The van der Waals surface area contributed by atoms with E-state index in [0.29, 0.717) is 16.8 Å². The molecule has 1 amide bonds. The molecule has 0 unspecified atom stereocenters. The van der Waals surface area contributed by atoms with Gasteiger partial charge < -0.3 is 5.32 Å². The maximum atomic E-state index is 13.1.